The Morgan fingerprint density at radius 2 is 1.95 bits per heavy atom. The van der Waals surface area contributed by atoms with Gasteiger partial charge in [-0.15, -0.1) is 0 Å². The molecule has 0 amide bonds. The largest absolute Gasteiger partial charge is 0.340 e. The van der Waals surface area contributed by atoms with Crippen LogP contribution in [0, 0.1) is 5.82 Å². The van der Waals surface area contributed by atoms with Crippen molar-refractivity contribution in [1.82, 2.24) is 4.98 Å². The van der Waals surface area contributed by atoms with Gasteiger partial charge in [-0.3, -0.25) is 4.98 Å². The number of anilines is 2. The van der Waals surface area contributed by atoms with Crippen LogP contribution in [0.2, 0.25) is 0 Å². The summed E-state index contributed by atoms with van der Waals surface area (Å²) in [5, 5.41) is 0. The first kappa shape index (κ1) is 14.0. The van der Waals surface area contributed by atoms with Gasteiger partial charge in [0.1, 0.15) is 5.82 Å². The molecule has 1 heterocycles. The predicted octanol–water partition coefficient (Wildman–Crippen LogP) is 3.47. The van der Waals surface area contributed by atoms with Crippen LogP contribution in [0.4, 0.5) is 15.8 Å². The van der Waals surface area contributed by atoms with Crippen molar-refractivity contribution in [2.45, 2.75) is 6.42 Å². The fraction of sp³-hybridized carbons (Fsp3) is 0.214. The zero-order valence-electron chi connectivity index (χ0n) is 10.4. The molecular formula is C14H15BrFN3. The van der Waals surface area contributed by atoms with E-state index in [2.05, 4.69) is 25.8 Å². The number of aromatic nitrogens is 1. The molecule has 0 aliphatic rings. The lowest BCUT2D eigenvalue weighted by Crippen LogP contribution is -2.21. The summed E-state index contributed by atoms with van der Waals surface area (Å²) in [4.78, 5) is 6.15. The molecule has 100 valence electrons. The van der Waals surface area contributed by atoms with E-state index in [9.17, 15) is 4.39 Å². The maximum absolute atomic E-state index is 13.0. The molecule has 1 aromatic heterocycles. The Morgan fingerprint density at radius 1 is 1.21 bits per heavy atom. The molecule has 2 N–H and O–H groups in total. The average molecular weight is 324 g/mol. The molecular weight excluding hydrogens is 309 g/mol. The highest BCUT2D eigenvalue weighted by Gasteiger charge is 2.12. The number of nitrogens with two attached hydrogens (primary N) is 1. The third kappa shape index (κ3) is 3.52. The molecule has 0 aliphatic heterocycles. The summed E-state index contributed by atoms with van der Waals surface area (Å²) in [7, 11) is 0. The third-order valence-electron chi connectivity index (χ3n) is 2.77. The highest BCUT2D eigenvalue weighted by molar-refractivity contribution is 9.10. The van der Waals surface area contributed by atoms with Gasteiger partial charge < -0.3 is 10.6 Å². The van der Waals surface area contributed by atoms with E-state index in [1.807, 2.05) is 6.07 Å². The minimum atomic E-state index is -0.240. The first-order chi connectivity index (χ1) is 9.22. The zero-order valence-corrected chi connectivity index (χ0v) is 12.0. The molecule has 0 unspecified atom stereocenters. The van der Waals surface area contributed by atoms with Gasteiger partial charge in [-0.05, 0) is 59.2 Å². The molecule has 0 saturated carbocycles. The maximum atomic E-state index is 13.0. The smallest absolute Gasteiger partial charge is 0.123 e. The molecule has 0 aliphatic carbocycles. The van der Waals surface area contributed by atoms with Crippen LogP contribution in [0.1, 0.15) is 6.42 Å². The van der Waals surface area contributed by atoms with E-state index in [4.69, 9.17) is 5.73 Å². The number of rotatable bonds is 5. The van der Waals surface area contributed by atoms with Crippen molar-refractivity contribution in [3.8, 4) is 0 Å². The number of nitrogens with zero attached hydrogens (tertiary/aromatic N) is 2. The fourth-order valence-electron chi connectivity index (χ4n) is 1.85. The van der Waals surface area contributed by atoms with Crippen molar-refractivity contribution in [2.24, 2.45) is 5.73 Å². The van der Waals surface area contributed by atoms with Gasteiger partial charge in [0.05, 0.1) is 10.2 Å². The Morgan fingerprint density at radius 3 is 2.58 bits per heavy atom. The van der Waals surface area contributed by atoms with Crippen LogP contribution < -0.4 is 10.6 Å². The molecule has 2 aromatic rings. The van der Waals surface area contributed by atoms with Gasteiger partial charge in [0.15, 0.2) is 0 Å². The van der Waals surface area contributed by atoms with Crippen LogP contribution in [0.5, 0.6) is 0 Å². The van der Waals surface area contributed by atoms with E-state index < -0.39 is 0 Å². The van der Waals surface area contributed by atoms with Crippen molar-refractivity contribution in [2.75, 3.05) is 18.0 Å². The van der Waals surface area contributed by atoms with Crippen molar-refractivity contribution >= 4 is 27.3 Å². The van der Waals surface area contributed by atoms with E-state index in [0.717, 1.165) is 28.8 Å². The number of halogens is 2. The average Bonchev–Trinajstić information content (AvgIpc) is 2.43. The lowest BCUT2D eigenvalue weighted by atomic mass is 10.2. The van der Waals surface area contributed by atoms with Gasteiger partial charge in [-0.1, -0.05) is 0 Å². The number of pyridine rings is 1. The highest BCUT2D eigenvalue weighted by Crippen LogP contribution is 2.31. The second-order valence-corrected chi connectivity index (χ2v) is 4.95. The van der Waals surface area contributed by atoms with Gasteiger partial charge in [0.25, 0.3) is 0 Å². The Hall–Kier alpha value is -1.46. The summed E-state index contributed by atoms with van der Waals surface area (Å²) < 4.78 is 13.9. The van der Waals surface area contributed by atoms with Crippen LogP contribution in [-0.2, 0) is 0 Å². The fourth-order valence-corrected chi connectivity index (χ4v) is 2.31. The molecule has 3 nitrogen and oxygen atoms in total. The summed E-state index contributed by atoms with van der Waals surface area (Å²) in [6.45, 7) is 1.38. The lowest BCUT2D eigenvalue weighted by molar-refractivity contribution is 0.627. The molecule has 0 saturated heterocycles. The van der Waals surface area contributed by atoms with E-state index in [1.165, 1.54) is 12.1 Å². The molecule has 2 rings (SSSR count). The Bertz CT molecular complexity index is 530. The molecule has 0 spiro atoms. The maximum Gasteiger partial charge on any atom is 0.123 e. The summed E-state index contributed by atoms with van der Waals surface area (Å²) >= 11 is 3.49. The monoisotopic (exact) mass is 323 g/mol. The van der Waals surface area contributed by atoms with Gasteiger partial charge in [0.2, 0.25) is 0 Å². The summed E-state index contributed by atoms with van der Waals surface area (Å²) in [5.74, 6) is -0.240. The Labute approximate surface area is 120 Å². The summed E-state index contributed by atoms with van der Waals surface area (Å²) in [6.07, 6.45) is 4.33. The molecule has 0 radical (unpaired) electrons. The van der Waals surface area contributed by atoms with Crippen molar-refractivity contribution in [3.05, 3.63) is 53.0 Å². The first-order valence-corrected chi connectivity index (χ1v) is 6.84. The van der Waals surface area contributed by atoms with Gasteiger partial charge in [-0.2, -0.15) is 0 Å². The van der Waals surface area contributed by atoms with Crippen molar-refractivity contribution < 1.29 is 4.39 Å². The van der Waals surface area contributed by atoms with Gasteiger partial charge in [0, 0.05) is 24.6 Å². The number of hydrogen-bond acceptors (Lipinski definition) is 3. The van der Waals surface area contributed by atoms with E-state index in [-0.39, 0.29) is 5.82 Å². The molecule has 19 heavy (non-hydrogen) atoms. The SMILES string of the molecule is NCCCN(c1ccc(F)cc1)c1ccncc1Br. The second kappa shape index (κ2) is 6.63. The van der Waals surface area contributed by atoms with Crippen LogP contribution in [0.3, 0.4) is 0 Å². The topological polar surface area (TPSA) is 42.1 Å². The predicted molar refractivity (Wildman–Crippen MR) is 79.0 cm³/mol. The van der Waals surface area contributed by atoms with Gasteiger partial charge >= 0.3 is 0 Å². The lowest BCUT2D eigenvalue weighted by Gasteiger charge is -2.25. The van der Waals surface area contributed by atoms with E-state index in [0.29, 0.717) is 6.54 Å². The number of benzene rings is 1. The van der Waals surface area contributed by atoms with E-state index in [1.54, 1.807) is 24.5 Å². The first-order valence-electron chi connectivity index (χ1n) is 6.05. The van der Waals surface area contributed by atoms with Crippen LogP contribution in [0.25, 0.3) is 0 Å². The molecule has 5 heteroatoms. The minimum Gasteiger partial charge on any atom is -0.340 e. The van der Waals surface area contributed by atoms with Crippen LogP contribution in [0.15, 0.2) is 47.2 Å². The zero-order chi connectivity index (χ0) is 13.7. The standard InChI is InChI=1S/C14H15BrFN3/c15-13-10-18-8-6-14(13)19(9-1-7-17)12-4-2-11(16)3-5-12/h2-6,8,10H,1,7,9,17H2. The second-order valence-electron chi connectivity index (χ2n) is 4.10. The Kier molecular flexibility index (Phi) is 4.87. The summed E-state index contributed by atoms with van der Waals surface area (Å²) in [5.41, 5.74) is 7.51. The molecule has 0 fully saturated rings. The van der Waals surface area contributed by atoms with E-state index >= 15 is 0 Å². The highest BCUT2D eigenvalue weighted by atomic mass is 79.9. The molecule has 0 atom stereocenters. The number of hydrogen-bond donors (Lipinski definition) is 1. The molecule has 1 aromatic carbocycles. The molecule has 0 bridgehead atoms. The van der Waals surface area contributed by atoms with Crippen molar-refractivity contribution in [3.63, 3.8) is 0 Å². The quantitative estimate of drug-likeness (QED) is 0.916. The van der Waals surface area contributed by atoms with Gasteiger partial charge in [-0.25, -0.2) is 4.39 Å². The van der Waals surface area contributed by atoms with Crippen LogP contribution >= 0.6 is 15.9 Å². The third-order valence-corrected chi connectivity index (χ3v) is 3.38. The Balaban J connectivity index is 2.35. The van der Waals surface area contributed by atoms with Crippen LogP contribution in [-0.4, -0.2) is 18.1 Å². The minimum absolute atomic E-state index is 0.240. The normalized spacial score (nSPS) is 10.5. The summed E-state index contributed by atoms with van der Waals surface area (Å²) in [6, 6.07) is 8.36. The van der Waals surface area contributed by atoms with Crippen molar-refractivity contribution in [1.29, 1.82) is 0 Å².